The fourth-order valence-electron chi connectivity index (χ4n) is 1.61. The molecule has 0 radical (unpaired) electrons. The highest BCUT2D eigenvalue weighted by molar-refractivity contribution is 9.10. The molecule has 0 aromatic heterocycles. The SMILES string of the molecule is Nc1ccc(Br)c(S(=O)(=O)NC2(C(F)(F)F)CC2)c1. The Morgan fingerprint density at radius 3 is 2.37 bits per heavy atom. The molecule has 1 saturated carbocycles. The van der Waals surface area contributed by atoms with Gasteiger partial charge in [0.25, 0.3) is 0 Å². The van der Waals surface area contributed by atoms with Crippen LogP contribution in [0.2, 0.25) is 0 Å². The predicted molar refractivity (Wildman–Crippen MR) is 66.9 cm³/mol. The second kappa shape index (κ2) is 4.35. The van der Waals surface area contributed by atoms with Crippen LogP contribution in [0.4, 0.5) is 18.9 Å². The standard InChI is InChI=1S/C10H10BrF3N2O2S/c11-7-2-1-6(15)5-8(7)19(17,18)16-9(3-4-9)10(12,13)14/h1-2,5,16H,3-4,15H2. The molecule has 0 saturated heterocycles. The van der Waals surface area contributed by atoms with Crippen LogP contribution in [0.25, 0.3) is 0 Å². The number of anilines is 1. The third-order valence-electron chi connectivity index (χ3n) is 2.87. The van der Waals surface area contributed by atoms with Gasteiger partial charge in [0.15, 0.2) is 0 Å². The van der Waals surface area contributed by atoms with Gasteiger partial charge in [-0.2, -0.15) is 17.9 Å². The summed E-state index contributed by atoms with van der Waals surface area (Å²) in [7, 11) is -4.29. The van der Waals surface area contributed by atoms with E-state index in [-0.39, 0.29) is 27.9 Å². The van der Waals surface area contributed by atoms with E-state index in [0.717, 1.165) is 6.07 Å². The number of halogens is 4. The topological polar surface area (TPSA) is 72.2 Å². The number of hydrogen-bond acceptors (Lipinski definition) is 3. The first-order chi connectivity index (χ1) is 8.57. The van der Waals surface area contributed by atoms with Crippen LogP contribution in [-0.4, -0.2) is 20.1 Å². The second-order valence-corrected chi connectivity index (χ2v) is 6.88. The highest BCUT2D eigenvalue weighted by Gasteiger charge is 2.65. The molecule has 19 heavy (non-hydrogen) atoms. The smallest absolute Gasteiger partial charge is 0.399 e. The fourth-order valence-corrected chi connectivity index (χ4v) is 4.05. The molecule has 1 aromatic carbocycles. The van der Waals surface area contributed by atoms with Gasteiger partial charge in [-0.15, -0.1) is 0 Å². The molecule has 1 aromatic rings. The number of nitrogens with one attached hydrogen (secondary N) is 1. The summed E-state index contributed by atoms with van der Waals surface area (Å²) in [5.41, 5.74) is 3.27. The van der Waals surface area contributed by atoms with Crippen LogP contribution in [0.15, 0.2) is 27.6 Å². The van der Waals surface area contributed by atoms with E-state index in [9.17, 15) is 21.6 Å². The molecule has 4 nitrogen and oxygen atoms in total. The van der Waals surface area contributed by atoms with E-state index >= 15 is 0 Å². The van der Waals surface area contributed by atoms with E-state index < -0.39 is 21.7 Å². The zero-order valence-corrected chi connectivity index (χ0v) is 11.9. The number of nitrogens with two attached hydrogens (primary N) is 1. The van der Waals surface area contributed by atoms with Crippen molar-refractivity contribution in [3.05, 3.63) is 22.7 Å². The van der Waals surface area contributed by atoms with Gasteiger partial charge in [-0.25, -0.2) is 8.42 Å². The Balaban J connectivity index is 2.37. The van der Waals surface area contributed by atoms with Gasteiger partial charge in [0, 0.05) is 10.2 Å². The summed E-state index contributed by atoms with van der Waals surface area (Å²) in [4.78, 5) is -0.303. The number of sulfonamides is 1. The molecule has 1 fully saturated rings. The molecule has 0 aliphatic heterocycles. The third-order valence-corrected chi connectivity index (χ3v) is 5.40. The van der Waals surface area contributed by atoms with Crippen molar-refractivity contribution < 1.29 is 21.6 Å². The van der Waals surface area contributed by atoms with Crippen LogP contribution < -0.4 is 10.5 Å². The molecule has 0 unspecified atom stereocenters. The lowest BCUT2D eigenvalue weighted by molar-refractivity contribution is -0.160. The molecule has 106 valence electrons. The van der Waals surface area contributed by atoms with Gasteiger partial charge in [-0.05, 0) is 47.0 Å². The van der Waals surface area contributed by atoms with Crippen LogP contribution in [0.1, 0.15) is 12.8 Å². The zero-order valence-electron chi connectivity index (χ0n) is 9.46. The number of hydrogen-bond donors (Lipinski definition) is 2. The van der Waals surface area contributed by atoms with Gasteiger partial charge in [-0.1, -0.05) is 0 Å². The number of nitrogen functional groups attached to an aromatic ring is 1. The van der Waals surface area contributed by atoms with Crippen LogP contribution in [-0.2, 0) is 10.0 Å². The van der Waals surface area contributed by atoms with Crippen molar-refractivity contribution in [3.8, 4) is 0 Å². The van der Waals surface area contributed by atoms with Crippen LogP contribution in [0.3, 0.4) is 0 Å². The second-order valence-electron chi connectivity index (χ2n) is 4.38. The lowest BCUT2D eigenvalue weighted by Gasteiger charge is -2.21. The first kappa shape index (κ1) is 14.6. The summed E-state index contributed by atoms with van der Waals surface area (Å²) in [5, 5.41) is 0. The third kappa shape index (κ3) is 2.72. The molecule has 0 spiro atoms. The fraction of sp³-hybridized carbons (Fsp3) is 0.400. The van der Waals surface area contributed by atoms with E-state index in [4.69, 9.17) is 5.73 Å². The highest BCUT2D eigenvalue weighted by atomic mass is 79.9. The predicted octanol–water partition coefficient (Wildman–Crippen LogP) is 2.40. The van der Waals surface area contributed by atoms with Crippen molar-refractivity contribution in [2.45, 2.75) is 29.5 Å². The summed E-state index contributed by atoms with van der Waals surface area (Å²) in [5.74, 6) is 0. The maximum atomic E-state index is 12.8. The van der Waals surface area contributed by atoms with E-state index in [2.05, 4.69) is 15.9 Å². The molecule has 0 bridgehead atoms. The molecule has 3 N–H and O–H groups in total. The van der Waals surface area contributed by atoms with E-state index in [0.29, 0.717) is 0 Å². The average Bonchev–Trinajstić information content (AvgIpc) is 3.01. The maximum absolute atomic E-state index is 12.8. The maximum Gasteiger partial charge on any atom is 0.407 e. The van der Waals surface area contributed by atoms with Crippen LogP contribution in [0.5, 0.6) is 0 Å². The summed E-state index contributed by atoms with van der Waals surface area (Å²) in [6.07, 6.45) is -5.11. The molecule has 2 rings (SSSR count). The molecule has 0 atom stereocenters. The number of alkyl halides is 3. The minimum atomic E-state index is -4.60. The molecule has 1 aliphatic carbocycles. The van der Waals surface area contributed by atoms with Gasteiger partial charge in [0.2, 0.25) is 10.0 Å². The van der Waals surface area contributed by atoms with Crippen molar-refractivity contribution in [2.24, 2.45) is 0 Å². The summed E-state index contributed by atoms with van der Waals surface area (Å²) >= 11 is 2.99. The minimum Gasteiger partial charge on any atom is -0.399 e. The molecular weight excluding hydrogens is 349 g/mol. The summed E-state index contributed by atoms with van der Waals surface area (Å²) in [6.45, 7) is 0. The zero-order chi connectivity index (χ0) is 14.5. The molecule has 0 amide bonds. The Bertz CT molecular complexity index is 612. The van der Waals surface area contributed by atoms with Crippen LogP contribution in [0, 0.1) is 0 Å². The van der Waals surface area contributed by atoms with Crippen molar-refractivity contribution in [3.63, 3.8) is 0 Å². The first-order valence-electron chi connectivity index (χ1n) is 5.23. The Morgan fingerprint density at radius 2 is 1.89 bits per heavy atom. The number of rotatable bonds is 3. The Labute approximate surface area is 116 Å². The van der Waals surface area contributed by atoms with E-state index in [1.54, 1.807) is 4.72 Å². The van der Waals surface area contributed by atoms with Gasteiger partial charge >= 0.3 is 6.18 Å². The first-order valence-corrected chi connectivity index (χ1v) is 7.51. The largest absolute Gasteiger partial charge is 0.407 e. The van der Waals surface area contributed by atoms with Gasteiger partial charge in [0.1, 0.15) is 5.54 Å². The van der Waals surface area contributed by atoms with Crippen molar-refractivity contribution in [2.75, 3.05) is 5.73 Å². The van der Waals surface area contributed by atoms with Gasteiger partial charge in [-0.3, -0.25) is 0 Å². The van der Waals surface area contributed by atoms with Crippen molar-refractivity contribution in [1.82, 2.24) is 4.72 Å². The molecule has 1 aliphatic rings. The quantitative estimate of drug-likeness (QED) is 0.815. The normalized spacial score (nSPS) is 18.3. The summed E-state index contributed by atoms with van der Waals surface area (Å²) in [6, 6.07) is 3.93. The monoisotopic (exact) mass is 358 g/mol. The Hall–Kier alpha value is -0.800. The highest BCUT2D eigenvalue weighted by Crippen LogP contribution is 2.49. The lowest BCUT2D eigenvalue weighted by Crippen LogP contribution is -2.47. The number of benzene rings is 1. The average molecular weight is 359 g/mol. The minimum absolute atomic E-state index is 0.153. The van der Waals surface area contributed by atoms with E-state index in [1.165, 1.54) is 12.1 Å². The Kier molecular flexibility index (Phi) is 3.35. The Morgan fingerprint density at radius 1 is 1.32 bits per heavy atom. The van der Waals surface area contributed by atoms with Gasteiger partial charge in [0.05, 0.1) is 4.90 Å². The van der Waals surface area contributed by atoms with E-state index in [1.807, 2.05) is 0 Å². The van der Waals surface area contributed by atoms with Gasteiger partial charge < -0.3 is 5.73 Å². The van der Waals surface area contributed by atoms with Crippen LogP contribution >= 0.6 is 15.9 Å². The van der Waals surface area contributed by atoms with Crippen molar-refractivity contribution in [1.29, 1.82) is 0 Å². The summed E-state index contributed by atoms with van der Waals surface area (Å²) < 4.78 is 64.2. The van der Waals surface area contributed by atoms with Crippen molar-refractivity contribution >= 4 is 31.6 Å². The molecular formula is C10H10BrF3N2O2S. The molecule has 0 heterocycles. The lowest BCUT2D eigenvalue weighted by atomic mass is 10.3. The molecule has 9 heteroatoms.